The van der Waals surface area contributed by atoms with Gasteiger partial charge >= 0.3 is 5.97 Å². The SMILES string of the molecule is CN(C)[C@H](CNC(=O)[C@@H]1[C@@H](C(=O)O)C1(C)C)c1ccccc1. The fraction of sp³-hybridized carbons (Fsp3) is 0.529. The standard InChI is InChI=1S/C17H24N2O3/c1-17(2)13(14(17)16(21)22)15(20)18-10-12(19(3)4)11-8-6-5-7-9-11/h5-9,12-14H,10H2,1-4H3,(H,18,20)(H,21,22)/t12-,13+,14+/m1/s1. The number of hydrogen-bond donors (Lipinski definition) is 2. The molecule has 0 saturated heterocycles. The number of nitrogens with one attached hydrogen (secondary N) is 1. The van der Waals surface area contributed by atoms with E-state index in [-0.39, 0.29) is 11.9 Å². The lowest BCUT2D eigenvalue weighted by atomic mass is 10.1. The smallest absolute Gasteiger partial charge is 0.307 e. The van der Waals surface area contributed by atoms with Crippen molar-refractivity contribution in [2.45, 2.75) is 19.9 Å². The second-order valence-corrected chi connectivity index (χ2v) is 6.75. The summed E-state index contributed by atoms with van der Waals surface area (Å²) in [7, 11) is 3.93. The quantitative estimate of drug-likeness (QED) is 0.840. The highest BCUT2D eigenvalue weighted by Crippen LogP contribution is 2.58. The summed E-state index contributed by atoms with van der Waals surface area (Å²) in [5.74, 6) is -2.08. The van der Waals surface area contributed by atoms with Gasteiger partial charge in [-0.2, -0.15) is 0 Å². The fourth-order valence-corrected chi connectivity index (χ4v) is 3.17. The van der Waals surface area contributed by atoms with E-state index in [1.807, 2.05) is 63.2 Å². The van der Waals surface area contributed by atoms with E-state index in [1.165, 1.54) is 0 Å². The molecule has 0 spiro atoms. The number of benzene rings is 1. The van der Waals surface area contributed by atoms with Crippen LogP contribution in [0.4, 0.5) is 0 Å². The van der Waals surface area contributed by atoms with Gasteiger partial charge in [0, 0.05) is 6.54 Å². The van der Waals surface area contributed by atoms with Crippen LogP contribution >= 0.6 is 0 Å². The van der Waals surface area contributed by atoms with Crippen LogP contribution in [0, 0.1) is 17.3 Å². The average Bonchev–Trinajstić information content (AvgIpc) is 3.03. The van der Waals surface area contributed by atoms with E-state index in [0.717, 1.165) is 5.56 Å². The van der Waals surface area contributed by atoms with Gasteiger partial charge in [0.1, 0.15) is 0 Å². The number of hydrogen-bond acceptors (Lipinski definition) is 3. The Kier molecular flexibility index (Phi) is 4.56. The number of rotatable bonds is 6. The van der Waals surface area contributed by atoms with Gasteiger partial charge in [0.05, 0.1) is 17.9 Å². The van der Waals surface area contributed by atoms with Crippen LogP contribution in [0.2, 0.25) is 0 Å². The first-order valence-electron chi connectivity index (χ1n) is 7.48. The highest BCUT2D eigenvalue weighted by Gasteiger charge is 2.65. The van der Waals surface area contributed by atoms with Crippen LogP contribution in [0.25, 0.3) is 0 Å². The highest BCUT2D eigenvalue weighted by molar-refractivity contribution is 5.91. The Morgan fingerprint density at radius 1 is 1.23 bits per heavy atom. The lowest BCUT2D eigenvalue weighted by molar-refractivity contribution is -0.140. The normalized spacial score (nSPS) is 23.9. The van der Waals surface area contributed by atoms with Crippen molar-refractivity contribution in [2.24, 2.45) is 17.3 Å². The molecule has 0 heterocycles. The first-order chi connectivity index (χ1) is 10.3. The first kappa shape index (κ1) is 16.5. The molecule has 0 radical (unpaired) electrons. The minimum atomic E-state index is -0.891. The average molecular weight is 304 g/mol. The Balaban J connectivity index is 1.99. The lowest BCUT2D eigenvalue weighted by Gasteiger charge is -2.25. The molecule has 0 aliphatic heterocycles. The van der Waals surface area contributed by atoms with Gasteiger partial charge in [-0.1, -0.05) is 44.2 Å². The summed E-state index contributed by atoms with van der Waals surface area (Å²) >= 11 is 0. The van der Waals surface area contributed by atoms with Gasteiger partial charge in [-0.15, -0.1) is 0 Å². The van der Waals surface area contributed by atoms with Crippen LogP contribution < -0.4 is 5.32 Å². The van der Waals surface area contributed by atoms with Gasteiger partial charge in [-0.25, -0.2) is 0 Å². The molecule has 1 amide bonds. The van der Waals surface area contributed by atoms with Crippen molar-refractivity contribution in [3.05, 3.63) is 35.9 Å². The maximum atomic E-state index is 12.3. The fourth-order valence-electron chi connectivity index (χ4n) is 3.17. The third-order valence-electron chi connectivity index (χ3n) is 4.65. The van der Waals surface area contributed by atoms with Crippen molar-refractivity contribution >= 4 is 11.9 Å². The lowest BCUT2D eigenvalue weighted by Crippen LogP contribution is -2.36. The molecule has 2 rings (SSSR count). The minimum Gasteiger partial charge on any atom is -0.481 e. The van der Waals surface area contributed by atoms with E-state index < -0.39 is 23.2 Å². The Bertz CT molecular complexity index is 554. The van der Waals surface area contributed by atoms with E-state index in [1.54, 1.807) is 0 Å². The number of carbonyl (C=O) groups excluding carboxylic acids is 1. The number of aliphatic carboxylic acids is 1. The van der Waals surface area contributed by atoms with Crippen LogP contribution in [0.3, 0.4) is 0 Å². The predicted molar refractivity (Wildman–Crippen MR) is 84.3 cm³/mol. The number of carboxylic acids is 1. The summed E-state index contributed by atoms with van der Waals surface area (Å²) in [6.07, 6.45) is 0. The van der Waals surface area contributed by atoms with Crippen LogP contribution in [0.5, 0.6) is 0 Å². The summed E-state index contributed by atoms with van der Waals surface area (Å²) in [6.45, 7) is 4.13. The number of carbonyl (C=O) groups is 2. The molecule has 1 aromatic carbocycles. The first-order valence-corrected chi connectivity index (χ1v) is 7.48. The van der Waals surface area contributed by atoms with Gasteiger partial charge in [0.2, 0.25) is 5.91 Å². The number of amides is 1. The maximum Gasteiger partial charge on any atom is 0.307 e. The molecule has 120 valence electrons. The Morgan fingerprint density at radius 2 is 1.82 bits per heavy atom. The minimum absolute atomic E-state index is 0.0651. The largest absolute Gasteiger partial charge is 0.481 e. The third kappa shape index (κ3) is 3.14. The van der Waals surface area contributed by atoms with E-state index in [2.05, 4.69) is 5.32 Å². The summed E-state index contributed by atoms with van der Waals surface area (Å²) in [6, 6.07) is 10.0. The molecular formula is C17H24N2O3. The molecule has 0 unspecified atom stereocenters. The Labute approximate surface area is 131 Å². The van der Waals surface area contributed by atoms with Crippen LogP contribution in [-0.4, -0.2) is 42.5 Å². The Hall–Kier alpha value is -1.88. The van der Waals surface area contributed by atoms with E-state index in [9.17, 15) is 9.59 Å². The van der Waals surface area contributed by atoms with E-state index >= 15 is 0 Å². The van der Waals surface area contributed by atoms with Crippen LogP contribution in [0.15, 0.2) is 30.3 Å². The molecule has 1 saturated carbocycles. The maximum absolute atomic E-state index is 12.3. The van der Waals surface area contributed by atoms with Crippen LogP contribution in [-0.2, 0) is 9.59 Å². The second-order valence-electron chi connectivity index (χ2n) is 6.75. The molecule has 0 bridgehead atoms. The van der Waals surface area contributed by atoms with Crippen molar-refractivity contribution in [1.82, 2.24) is 10.2 Å². The molecule has 5 nitrogen and oxygen atoms in total. The van der Waals surface area contributed by atoms with Gasteiger partial charge < -0.3 is 15.3 Å². The molecular weight excluding hydrogens is 280 g/mol. The topological polar surface area (TPSA) is 69.6 Å². The summed E-state index contributed by atoms with van der Waals surface area (Å²) in [5, 5.41) is 12.1. The van der Waals surface area contributed by atoms with Crippen molar-refractivity contribution in [3.8, 4) is 0 Å². The molecule has 1 fully saturated rings. The monoisotopic (exact) mass is 304 g/mol. The third-order valence-corrected chi connectivity index (χ3v) is 4.65. The van der Waals surface area contributed by atoms with Crippen molar-refractivity contribution in [2.75, 3.05) is 20.6 Å². The summed E-state index contributed by atoms with van der Waals surface area (Å²) < 4.78 is 0. The zero-order chi connectivity index (χ0) is 16.5. The van der Waals surface area contributed by atoms with Crippen molar-refractivity contribution in [3.63, 3.8) is 0 Å². The molecule has 0 aromatic heterocycles. The number of nitrogens with zero attached hydrogens (tertiary/aromatic N) is 1. The summed E-state index contributed by atoms with van der Waals surface area (Å²) in [4.78, 5) is 25.5. The van der Waals surface area contributed by atoms with E-state index in [4.69, 9.17) is 5.11 Å². The molecule has 3 atom stereocenters. The molecule has 1 aliphatic carbocycles. The molecule has 2 N–H and O–H groups in total. The number of likely N-dealkylation sites (N-methyl/N-ethyl adjacent to an activating group) is 1. The Morgan fingerprint density at radius 3 is 2.27 bits per heavy atom. The van der Waals surface area contributed by atoms with E-state index in [0.29, 0.717) is 6.54 Å². The number of carboxylic acid groups (broad SMARTS) is 1. The van der Waals surface area contributed by atoms with Gasteiger partial charge in [0.25, 0.3) is 0 Å². The zero-order valence-electron chi connectivity index (χ0n) is 13.5. The van der Waals surface area contributed by atoms with Crippen LogP contribution in [0.1, 0.15) is 25.5 Å². The van der Waals surface area contributed by atoms with Gasteiger partial charge in [-0.05, 0) is 25.1 Å². The molecule has 1 aliphatic rings. The van der Waals surface area contributed by atoms with Crippen molar-refractivity contribution in [1.29, 1.82) is 0 Å². The molecule has 5 heteroatoms. The van der Waals surface area contributed by atoms with Gasteiger partial charge in [0.15, 0.2) is 0 Å². The highest BCUT2D eigenvalue weighted by atomic mass is 16.4. The predicted octanol–water partition coefficient (Wildman–Crippen LogP) is 1.76. The zero-order valence-corrected chi connectivity index (χ0v) is 13.5. The molecule has 1 aromatic rings. The summed E-state index contributed by atoms with van der Waals surface area (Å²) in [5.41, 5.74) is 0.661. The van der Waals surface area contributed by atoms with Crippen molar-refractivity contribution < 1.29 is 14.7 Å². The van der Waals surface area contributed by atoms with Gasteiger partial charge in [-0.3, -0.25) is 9.59 Å². The second kappa shape index (κ2) is 6.08. The molecule has 22 heavy (non-hydrogen) atoms.